The molecule has 3 aromatic carbocycles. The average molecular weight is 488 g/mol. The van der Waals surface area contributed by atoms with E-state index in [9.17, 15) is 4.79 Å². The first-order valence-corrected chi connectivity index (χ1v) is 12.7. The Balaban J connectivity index is 1.45. The van der Waals surface area contributed by atoms with E-state index in [1.807, 2.05) is 31.3 Å². The van der Waals surface area contributed by atoms with Crippen LogP contribution in [0.5, 0.6) is 0 Å². The molecule has 1 amide bonds. The maximum absolute atomic E-state index is 13.0. The number of nitrogens with two attached hydrogens (primary N) is 1. The second-order valence-electron chi connectivity index (χ2n) is 9.14. The number of nitrogens with one attached hydrogen (secondary N) is 1. The molecular weight excluding hydrogens is 454 g/mol. The topological polar surface area (TPSA) is 58.4 Å². The molecule has 1 unspecified atom stereocenters. The molecule has 0 saturated heterocycles. The molecule has 4 rings (SSSR count). The van der Waals surface area contributed by atoms with Crippen LogP contribution in [0, 0.1) is 0 Å². The van der Waals surface area contributed by atoms with Crippen LogP contribution in [0.2, 0.25) is 5.02 Å². The molecule has 0 fully saturated rings. The third-order valence-corrected chi connectivity index (χ3v) is 7.02. The number of carbonyl (C=O) groups excluding carboxylic acids is 1. The molecule has 0 aromatic heterocycles. The van der Waals surface area contributed by atoms with E-state index in [0.29, 0.717) is 24.5 Å². The van der Waals surface area contributed by atoms with Crippen LogP contribution in [-0.4, -0.2) is 37.0 Å². The van der Waals surface area contributed by atoms with Crippen molar-refractivity contribution in [2.75, 3.05) is 20.1 Å². The monoisotopic (exact) mass is 487 g/mol. The first kappa shape index (κ1) is 25.2. The van der Waals surface area contributed by atoms with E-state index in [4.69, 9.17) is 17.3 Å². The Morgan fingerprint density at radius 3 is 2.20 bits per heavy atom. The summed E-state index contributed by atoms with van der Waals surface area (Å²) in [4.78, 5) is 15.1. The predicted octanol–water partition coefficient (Wildman–Crippen LogP) is 5.23. The summed E-state index contributed by atoms with van der Waals surface area (Å²) in [6.45, 7) is 1.71. The van der Waals surface area contributed by atoms with Gasteiger partial charge in [-0.2, -0.15) is 0 Å². The number of benzene rings is 3. The van der Waals surface area contributed by atoms with Crippen molar-refractivity contribution < 1.29 is 4.79 Å². The quantitative estimate of drug-likeness (QED) is 0.434. The van der Waals surface area contributed by atoms with Gasteiger partial charge < -0.3 is 11.1 Å². The molecule has 1 atom stereocenters. The van der Waals surface area contributed by atoms with Gasteiger partial charge in [-0.1, -0.05) is 78.3 Å². The van der Waals surface area contributed by atoms with Crippen molar-refractivity contribution in [3.63, 3.8) is 0 Å². The second-order valence-corrected chi connectivity index (χ2v) is 9.58. The fraction of sp³-hybridized carbons (Fsp3) is 0.300. The Morgan fingerprint density at radius 1 is 1.00 bits per heavy atom. The number of amides is 1. The van der Waals surface area contributed by atoms with Crippen LogP contribution in [0.4, 0.5) is 0 Å². The van der Waals surface area contributed by atoms with Gasteiger partial charge in [0.1, 0.15) is 0 Å². The zero-order valence-corrected chi connectivity index (χ0v) is 21.1. The van der Waals surface area contributed by atoms with Crippen molar-refractivity contribution in [3.8, 4) is 0 Å². The number of likely N-dealkylation sites (N-methyl/N-ethyl adjacent to an activating group) is 1. The number of rotatable bonds is 9. The minimum atomic E-state index is -0.264. The Labute approximate surface area is 213 Å². The standard InChI is InChI=1S/C30H34ClN3O/c1-34(29(18-19-32)30(35)33-21-22-12-16-25(31)17-13-22)20-6-11-28-26-9-4-2-7-23(26)14-15-24-8-3-5-10-27(24)28/h2-5,7-13,16-17,29H,6,14-15,18-21,32H2,1H3,(H,33,35). The van der Waals surface area contributed by atoms with E-state index in [1.165, 1.54) is 27.8 Å². The summed E-state index contributed by atoms with van der Waals surface area (Å²) >= 11 is 5.96. The third-order valence-electron chi connectivity index (χ3n) is 6.76. The second kappa shape index (κ2) is 12.2. The molecule has 0 radical (unpaired) electrons. The summed E-state index contributed by atoms with van der Waals surface area (Å²) in [5.41, 5.74) is 13.6. The minimum absolute atomic E-state index is 0.00529. The number of hydrogen-bond acceptors (Lipinski definition) is 3. The van der Waals surface area contributed by atoms with Gasteiger partial charge in [0, 0.05) is 18.1 Å². The van der Waals surface area contributed by atoms with Gasteiger partial charge in [0.25, 0.3) is 0 Å². The number of fused-ring (bicyclic) bond motifs is 2. The molecule has 1 aliphatic rings. The number of hydrogen-bond donors (Lipinski definition) is 2. The van der Waals surface area contributed by atoms with E-state index in [2.05, 4.69) is 64.8 Å². The fourth-order valence-corrected chi connectivity index (χ4v) is 4.95. The van der Waals surface area contributed by atoms with E-state index >= 15 is 0 Å². The first-order chi connectivity index (χ1) is 17.1. The van der Waals surface area contributed by atoms with Gasteiger partial charge in [0.2, 0.25) is 5.91 Å². The Bertz CT molecular complexity index is 1120. The van der Waals surface area contributed by atoms with Gasteiger partial charge in [-0.15, -0.1) is 0 Å². The van der Waals surface area contributed by atoms with Crippen molar-refractivity contribution >= 4 is 23.1 Å². The predicted molar refractivity (Wildman–Crippen MR) is 145 cm³/mol. The summed E-state index contributed by atoms with van der Waals surface area (Å²) in [6, 6.07) is 24.7. The molecule has 0 heterocycles. The normalized spacial score (nSPS) is 13.5. The molecule has 4 nitrogen and oxygen atoms in total. The van der Waals surface area contributed by atoms with Gasteiger partial charge in [-0.3, -0.25) is 9.69 Å². The average Bonchev–Trinajstić information content (AvgIpc) is 3.04. The maximum atomic E-state index is 13.0. The van der Waals surface area contributed by atoms with Gasteiger partial charge in [-0.25, -0.2) is 0 Å². The highest BCUT2D eigenvalue weighted by Crippen LogP contribution is 2.33. The molecule has 5 heteroatoms. The Morgan fingerprint density at radius 2 is 1.60 bits per heavy atom. The molecule has 1 aliphatic carbocycles. The lowest BCUT2D eigenvalue weighted by molar-refractivity contribution is -0.126. The van der Waals surface area contributed by atoms with Crippen molar-refractivity contribution in [3.05, 3.63) is 112 Å². The highest BCUT2D eigenvalue weighted by molar-refractivity contribution is 6.30. The molecule has 0 bridgehead atoms. The van der Waals surface area contributed by atoms with Gasteiger partial charge in [-0.05, 0) is 84.8 Å². The highest BCUT2D eigenvalue weighted by Gasteiger charge is 2.22. The number of carbonyl (C=O) groups is 1. The molecule has 0 saturated carbocycles. The molecule has 0 spiro atoms. The van der Waals surface area contributed by atoms with Crippen molar-refractivity contribution in [2.24, 2.45) is 5.73 Å². The molecule has 35 heavy (non-hydrogen) atoms. The van der Waals surface area contributed by atoms with E-state index in [-0.39, 0.29) is 11.9 Å². The van der Waals surface area contributed by atoms with Crippen LogP contribution >= 0.6 is 11.6 Å². The van der Waals surface area contributed by atoms with Crippen LogP contribution in [0.25, 0.3) is 5.57 Å². The molecule has 182 valence electrons. The largest absolute Gasteiger partial charge is 0.351 e. The maximum Gasteiger partial charge on any atom is 0.237 e. The van der Waals surface area contributed by atoms with Gasteiger partial charge in [0.05, 0.1) is 6.04 Å². The van der Waals surface area contributed by atoms with E-state index in [0.717, 1.165) is 31.4 Å². The Kier molecular flexibility index (Phi) is 8.75. The van der Waals surface area contributed by atoms with Crippen LogP contribution in [0.15, 0.2) is 78.9 Å². The smallest absolute Gasteiger partial charge is 0.237 e. The molecular formula is C30H34ClN3O. The SMILES string of the molecule is CN(CCC=C1c2ccccc2CCc2ccccc21)C(CCN)C(=O)NCc1ccc(Cl)cc1. The van der Waals surface area contributed by atoms with Gasteiger partial charge in [0.15, 0.2) is 0 Å². The first-order valence-electron chi connectivity index (χ1n) is 12.4. The summed E-state index contributed by atoms with van der Waals surface area (Å²) in [6.07, 6.45) is 5.91. The van der Waals surface area contributed by atoms with E-state index in [1.54, 1.807) is 0 Å². The number of aryl methyl sites for hydroxylation is 2. The van der Waals surface area contributed by atoms with E-state index < -0.39 is 0 Å². The number of halogens is 1. The number of nitrogens with zero attached hydrogens (tertiary/aromatic N) is 1. The van der Waals surface area contributed by atoms with Crippen LogP contribution < -0.4 is 11.1 Å². The van der Waals surface area contributed by atoms with Crippen molar-refractivity contribution in [2.45, 2.75) is 38.3 Å². The molecule has 0 aliphatic heterocycles. The lowest BCUT2D eigenvalue weighted by Gasteiger charge is -2.26. The Hall–Kier alpha value is -2.92. The zero-order chi connectivity index (χ0) is 24.6. The van der Waals surface area contributed by atoms with Crippen molar-refractivity contribution in [1.82, 2.24) is 10.2 Å². The zero-order valence-electron chi connectivity index (χ0n) is 20.3. The minimum Gasteiger partial charge on any atom is -0.351 e. The fourth-order valence-electron chi connectivity index (χ4n) is 4.82. The molecule has 3 aromatic rings. The van der Waals surface area contributed by atoms with Crippen LogP contribution in [-0.2, 0) is 24.2 Å². The lowest BCUT2D eigenvalue weighted by Crippen LogP contribution is -2.46. The summed E-state index contributed by atoms with van der Waals surface area (Å²) in [5.74, 6) is 0.00529. The highest BCUT2D eigenvalue weighted by atomic mass is 35.5. The summed E-state index contributed by atoms with van der Waals surface area (Å²) < 4.78 is 0. The lowest BCUT2D eigenvalue weighted by atomic mass is 9.93. The van der Waals surface area contributed by atoms with Crippen LogP contribution in [0.1, 0.15) is 40.7 Å². The molecule has 3 N–H and O–H groups in total. The summed E-state index contributed by atoms with van der Waals surface area (Å²) in [5, 5.41) is 3.75. The van der Waals surface area contributed by atoms with Gasteiger partial charge >= 0.3 is 0 Å². The summed E-state index contributed by atoms with van der Waals surface area (Å²) in [7, 11) is 2.01. The third kappa shape index (κ3) is 6.40. The van der Waals surface area contributed by atoms with Crippen LogP contribution in [0.3, 0.4) is 0 Å². The van der Waals surface area contributed by atoms with Crippen molar-refractivity contribution in [1.29, 1.82) is 0 Å².